The Kier molecular flexibility index (Phi) is 5.49. The van der Waals surface area contributed by atoms with Crippen LogP contribution in [0.4, 0.5) is 11.4 Å². The van der Waals surface area contributed by atoms with Gasteiger partial charge in [-0.3, -0.25) is 14.9 Å². The number of rotatable bonds is 6. The van der Waals surface area contributed by atoms with Crippen molar-refractivity contribution < 1.29 is 14.1 Å². The van der Waals surface area contributed by atoms with Crippen LogP contribution in [0.25, 0.3) is 11.5 Å². The maximum atomic E-state index is 12.0. The summed E-state index contributed by atoms with van der Waals surface area (Å²) in [5, 5.41) is 21.8. The van der Waals surface area contributed by atoms with Crippen LogP contribution in [-0.2, 0) is 4.79 Å². The lowest BCUT2D eigenvalue weighted by atomic mass is 10.2. The maximum absolute atomic E-state index is 12.0. The van der Waals surface area contributed by atoms with E-state index in [1.54, 1.807) is 30.3 Å². The van der Waals surface area contributed by atoms with Crippen molar-refractivity contribution in [1.82, 2.24) is 10.2 Å². The Hall–Kier alpha value is -2.91. The monoisotopic (exact) mass is 390 g/mol. The minimum atomic E-state index is -0.529. The fourth-order valence-electron chi connectivity index (χ4n) is 2.03. The Morgan fingerprint density at radius 1 is 1.23 bits per heavy atom. The van der Waals surface area contributed by atoms with E-state index in [1.165, 1.54) is 18.2 Å². The fourth-order valence-corrected chi connectivity index (χ4v) is 2.81. The number of nitro groups is 1. The minimum absolute atomic E-state index is 0.00679. The summed E-state index contributed by atoms with van der Waals surface area (Å²) in [7, 11) is 0. The van der Waals surface area contributed by atoms with Crippen LogP contribution in [0.1, 0.15) is 0 Å². The molecule has 0 aliphatic heterocycles. The number of benzene rings is 2. The molecule has 0 saturated carbocycles. The second kappa shape index (κ2) is 7.98. The average molecular weight is 391 g/mol. The molecule has 3 rings (SSSR count). The maximum Gasteiger partial charge on any atom is 0.277 e. The van der Waals surface area contributed by atoms with Gasteiger partial charge >= 0.3 is 0 Å². The second-order valence-electron chi connectivity index (χ2n) is 5.00. The van der Waals surface area contributed by atoms with E-state index in [0.717, 1.165) is 11.8 Å². The molecule has 0 radical (unpaired) electrons. The second-order valence-corrected chi connectivity index (χ2v) is 6.33. The molecule has 2 aromatic carbocycles. The number of nitrogens with one attached hydrogen (secondary N) is 1. The summed E-state index contributed by atoms with van der Waals surface area (Å²) in [6.07, 6.45) is 0. The first-order chi connectivity index (χ1) is 12.5. The van der Waals surface area contributed by atoms with Crippen LogP contribution in [0.15, 0.2) is 58.2 Å². The average Bonchev–Trinajstić information content (AvgIpc) is 3.09. The summed E-state index contributed by atoms with van der Waals surface area (Å²) in [5.74, 6) is -0.0856. The standard InChI is InChI=1S/C16H11ClN4O4S/c17-13-7-2-1-6-12(13)15-19-20-16(25-15)26-9-14(22)18-10-4-3-5-11(8-10)21(23)24/h1-8H,9H2,(H,18,22). The first-order valence-electron chi connectivity index (χ1n) is 7.28. The quantitative estimate of drug-likeness (QED) is 0.384. The number of hydrogen-bond donors (Lipinski definition) is 1. The van der Waals surface area contributed by atoms with Gasteiger partial charge in [-0.2, -0.15) is 0 Å². The number of thioether (sulfide) groups is 1. The number of carbonyl (C=O) groups excluding carboxylic acids is 1. The highest BCUT2D eigenvalue weighted by Crippen LogP contribution is 2.28. The van der Waals surface area contributed by atoms with Crippen molar-refractivity contribution in [1.29, 1.82) is 0 Å². The SMILES string of the molecule is O=C(CSc1nnc(-c2ccccc2Cl)o1)Nc1cccc([N+](=O)[O-])c1. The first kappa shape index (κ1) is 17.9. The molecule has 0 unspecified atom stereocenters. The van der Waals surface area contributed by atoms with Crippen molar-refractivity contribution in [2.24, 2.45) is 0 Å². The van der Waals surface area contributed by atoms with Crippen LogP contribution in [-0.4, -0.2) is 26.8 Å². The molecule has 0 spiro atoms. The zero-order valence-electron chi connectivity index (χ0n) is 13.1. The van der Waals surface area contributed by atoms with Gasteiger partial charge in [0.1, 0.15) is 0 Å². The zero-order valence-corrected chi connectivity index (χ0v) is 14.7. The van der Waals surface area contributed by atoms with Gasteiger partial charge in [-0.05, 0) is 18.2 Å². The van der Waals surface area contributed by atoms with Gasteiger partial charge in [-0.1, -0.05) is 41.6 Å². The molecule has 3 aromatic rings. The molecule has 0 saturated heterocycles. The summed E-state index contributed by atoms with van der Waals surface area (Å²) < 4.78 is 5.49. The number of nitro benzene ring substituents is 1. The normalized spacial score (nSPS) is 10.5. The Labute approximate surface area is 156 Å². The summed E-state index contributed by atoms with van der Waals surface area (Å²) in [6, 6.07) is 12.7. The van der Waals surface area contributed by atoms with Crippen LogP contribution in [0.5, 0.6) is 0 Å². The van der Waals surface area contributed by atoms with Gasteiger partial charge in [0.25, 0.3) is 10.9 Å². The Morgan fingerprint density at radius 2 is 2.04 bits per heavy atom. The third-order valence-electron chi connectivity index (χ3n) is 3.18. The van der Waals surface area contributed by atoms with Crippen molar-refractivity contribution in [3.05, 3.63) is 63.7 Å². The number of amides is 1. The number of non-ortho nitro benzene ring substituents is 1. The van der Waals surface area contributed by atoms with Gasteiger partial charge in [-0.25, -0.2) is 0 Å². The lowest BCUT2D eigenvalue weighted by Gasteiger charge is -2.03. The summed E-state index contributed by atoms with van der Waals surface area (Å²) in [6.45, 7) is 0. The van der Waals surface area contributed by atoms with Gasteiger partial charge in [0.15, 0.2) is 0 Å². The molecule has 1 amide bonds. The van der Waals surface area contributed by atoms with Crippen molar-refractivity contribution in [3.63, 3.8) is 0 Å². The molecule has 8 nitrogen and oxygen atoms in total. The largest absolute Gasteiger partial charge is 0.411 e. The van der Waals surface area contributed by atoms with E-state index in [4.69, 9.17) is 16.0 Å². The summed E-state index contributed by atoms with van der Waals surface area (Å²) in [5.41, 5.74) is 0.846. The van der Waals surface area contributed by atoms with Gasteiger partial charge in [0, 0.05) is 17.8 Å². The molecule has 10 heteroatoms. The molecule has 0 atom stereocenters. The molecular formula is C16H11ClN4O4S. The van der Waals surface area contributed by atoms with Gasteiger partial charge in [0.2, 0.25) is 11.8 Å². The topological polar surface area (TPSA) is 111 Å². The predicted octanol–water partition coefficient (Wildman–Crippen LogP) is 4.03. The van der Waals surface area contributed by atoms with Gasteiger partial charge in [0.05, 0.1) is 21.3 Å². The van der Waals surface area contributed by atoms with Crippen molar-refractivity contribution in [2.45, 2.75) is 5.22 Å². The van der Waals surface area contributed by atoms with Crippen LogP contribution in [0.3, 0.4) is 0 Å². The molecule has 1 aromatic heterocycles. The molecule has 26 heavy (non-hydrogen) atoms. The Bertz CT molecular complexity index is 963. The van der Waals surface area contributed by atoms with Crippen LogP contribution >= 0.6 is 23.4 Å². The lowest BCUT2D eigenvalue weighted by Crippen LogP contribution is -2.14. The van der Waals surface area contributed by atoms with Crippen LogP contribution in [0.2, 0.25) is 5.02 Å². The van der Waals surface area contributed by atoms with Gasteiger partial charge in [-0.15, -0.1) is 10.2 Å². The number of aromatic nitrogens is 2. The Morgan fingerprint density at radius 3 is 2.81 bits per heavy atom. The van der Waals surface area contributed by atoms with Crippen molar-refractivity contribution in [2.75, 3.05) is 11.1 Å². The molecule has 1 N–H and O–H groups in total. The number of nitrogens with zero attached hydrogens (tertiary/aromatic N) is 3. The third-order valence-corrected chi connectivity index (χ3v) is 4.33. The highest BCUT2D eigenvalue weighted by molar-refractivity contribution is 7.99. The highest BCUT2D eigenvalue weighted by atomic mass is 35.5. The Balaban J connectivity index is 1.59. The van der Waals surface area contributed by atoms with Crippen molar-refractivity contribution in [3.8, 4) is 11.5 Å². The highest BCUT2D eigenvalue weighted by Gasteiger charge is 2.14. The zero-order chi connectivity index (χ0) is 18.5. The minimum Gasteiger partial charge on any atom is -0.411 e. The fraction of sp³-hybridized carbons (Fsp3) is 0.0625. The molecular weight excluding hydrogens is 380 g/mol. The summed E-state index contributed by atoms with van der Waals surface area (Å²) >= 11 is 7.12. The molecule has 0 aliphatic carbocycles. The number of hydrogen-bond acceptors (Lipinski definition) is 7. The van der Waals surface area contributed by atoms with E-state index in [9.17, 15) is 14.9 Å². The van der Waals surface area contributed by atoms with Gasteiger partial charge < -0.3 is 9.73 Å². The molecule has 0 fully saturated rings. The van der Waals surface area contributed by atoms with E-state index in [2.05, 4.69) is 15.5 Å². The molecule has 0 bridgehead atoms. The molecule has 0 aliphatic rings. The van der Waals surface area contributed by atoms with E-state index in [0.29, 0.717) is 16.3 Å². The molecule has 1 heterocycles. The van der Waals surface area contributed by atoms with Crippen molar-refractivity contribution >= 4 is 40.6 Å². The van der Waals surface area contributed by atoms with E-state index >= 15 is 0 Å². The van der Waals surface area contributed by atoms with E-state index in [-0.39, 0.29) is 28.5 Å². The smallest absolute Gasteiger partial charge is 0.277 e. The van der Waals surface area contributed by atoms with E-state index < -0.39 is 4.92 Å². The number of carbonyl (C=O) groups is 1. The number of halogens is 1. The van der Waals surface area contributed by atoms with Crippen LogP contribution < -0.4 is 5.32 Å². The first-order valence-corrected chi connectivity index (χ1v) is 8.65. The third kappa shape index (κ3) is 4.38. The van der Waals surface area contributed by atoms with Crippen LogP contribution in [0, 0.1) is 10.1 Å². The molecule has 132 valence electrons. The lowest BCUT2D eigenvalue weighted by molar-refractivity contribution is -0.384. The predicted molar refractivity (Wildman–Crippen MR) is 97.2 cm³/mol. The summed E-state index contributed by atoms with van der Waals surface area (Å²) in [4.78, 5) is 22.2. The van der Waals surface area contributed by atoms with E-state index in [1.807, 2.05) is 0 Å². The number of anilines is 1.